The lowest BCUT2D eigenvalue weighted by molar-refractivity contribution is -0.658. The zero-order chi connectivity index (χ0) is 16.5. The Morgan fingerprint density at radius 1 is 0.833 bits per heavy atom. The van der Waals surface area contributed by atoms with E-state index in [0.717, 1.165) is 11.3 Å². The van der Waals surface area contributed by atoms with E-state index in [2.05, 4.69) is 83.2 Å². The molecule has 116 valence electrons. The maximum Gasteiger partial charge on any atom is 0.220 e. The molecule has 0 bridgehead atoms. The van der Waals surface area contributed by atoms with Crippen LogP contribution in [0.3, 0.4) is 0 Å². The standard InChI is InChI=1S/C21H18N3/c1-15-7-3-4-8-16(15)21-18-10-6-5-9-17(18)19(14-24(21)2)20-13-22-11-12-23-20/h3-14H,1-2H3/q+1. The Hall–Kier alpha value is -3.07. The van der Waals surface area contributed by atoms with E-state index in [1.54, 1.807) is 12.4 Å². The van der Waals surface area contributed by atoms with Gasteiger partial charge in [0.2, 0.25) is 5.69 Å². The van der Waals surface area contributed by atoms with Crippen molar-refractivity contribution in [1.82, 2.24) is 9.97 Å². The second kappa shape index (κ2) is 5.85. The fourth-order valence-electron chi connectivity index (χ4n) is 3.26. The van der Waals surface area contributed by atoms with E-state index in [-0.39, 0.29) is 0 Å². The first-order chi connectivity index (χ1) is 11.8. The fraction of sp³-hybridized carbons (Fsp3) is 0.0952. The first kappa shape index (κ1) is 14.5. The molecule has 2 aromatic carbocycles. The number of aromatic nitrogens is 3. The van der Waals surface area contributed by atoms with Gasteiger partial charge in [-0.2, -0.15) is 4.57 Å². The minimum absolute atomic E-state index is 0.889. The molecule has 0 amide bonds. The first-order valence-electron chi connectivity index (χ1n) is 7.99. The van der Waals surface area contributed by atoms with Gasteiger partial charge in [0.1, 0.15) is 7.05 Å². The third-order valence-electron chi connectivity index (χ3n) is 4.39. The van der Waals surface area contributed by atoms with Crippen molar-refractivity contribution in [3.8, 4) is 22.5 Å². The molecule has 3 nitrogen and oxygen atoms in total. The Morgan fingerprint density at radius 2 is 1.58 bits per heavy atom. The Bertz CT molecular complexity index is 1020. The molecule has 0 fully saturated rings. The molecule has 0 saturated carbocycles. The molecule has 4 rings (SSSR count). The van der Waals surface area contributed by atoms with E-state index in [9.17, 15) is 0 Å². The Balaban J connectivity index is 2.09. The monoisotopic (exact) mass is 312 g/mol. The summed E-state index contributed by atoms with van der Waals surface area (Å²) in [6, 6.07) is 17.0. The van der Waals surface area contributed by atoms with E-state index in [1.165, 1.54) is 27.6 Å². The van der Waals surface area contributed by atoms with Crippen LogP contribution < -0.4 is 4.57 Å². The van der Waals surface area contributed by atoms with E-state index in [4.69, 9.17) is 0 Å². The second-order valence-electron chi connectivity index (χ2n) is 5.95. The smallest absolute Gasteiger partial charge is 0.220 e. The molecule has 0 radical (unpaired) electrons. The maximum absolute atomic E-state index is 4.48. The zero-order valence-corrected chi connectivity index (χ0v) is 13.8. The van der Waals surface area contributed by atoms with E-state index in [0.29, 0.717) is 0 Å². The van der Waals surface area contributed by atoms with Gasteiger partial charge in [0.25, 0.3) is 0 Å². The van der Waals surface area contributed by atoms with Crippen molar-refractivity contribution in [2.45, 2.75) is 6.92 Å². The van der Waals surface area contributed by atoms with Gasteiger partial charge in [0.05, 0.1) is 22.8 Å². The molecule has 4 aromatic rings. The second-order valence-corrected chi connectivity index (χ2v) is 5.95. The summed E-state index contributed by atoms with van der Waals surface area (Å²) in [5.41, 5.74) is 5.72. The van der Waals surface area contributed by atoms with Crippen LogP contribution in [-0.2, 0) is 7.05 Å². The molecule has 2 heterocycles. The van der Waals surface area contributed by atoms with Gasteiger partial charge in [-0.1, -0.05) is 36.4 Å². The van der Waals surface area contributed by atoms with Crippen molar-refractivity contribution in [3.05, 3.63) is 78.9 Å². The van der Waals surface area contributed by atoms with E-state index in [1.807, 2.05) is 6.20 Å². The highest BCUT2D eigenvalue weighted by Gasteiger charge is 2.20. The van der Waals surface area contributed by atoms with Gasteiger partial charge in [-0.15, -0.1) is 0 Å². The summed E-state index contributed by atoms with van der Waals surface area (Å²) in [7, 11) is 2.09. The molecule has 0 atom stereocenters. The summed E-state index contributed by atoms with van der Waals surface area (Å²) in [5.74, 6) is 0. The van der Waals surface area contributed by atoms with Crippen molar-refractivity contribution in [2.24, 2.45) is 7.05 Å². The summed E-state index contributed by atoms with van der Waals surface area (Å²) in [6.45, 7) is 2.15. The normalized spacial score (nSPS) is 10.9. The van der Waals surface area contributed by atoms with Crippen LogP contribution in [0.4, 0.5) is 0 Å². The highest BCUT2D eigenvalue weighted by Crippen LogP contribution is 2.32. The predicted molar refractivity (Wildman–Crippen MR) is 96.3 cm³/mol. The van der Waals surface area contributed by atoms with Crippen LogP contribution in [0.2, 0.25) is 0 Å². The molecular formula is C21H18N3+. The third-order valence-corrected chi connectivity index (χ3v) is 4.39. The topological polar surface area (TPSA) is 29.7 Å². The lowest BCUT2D eigenvalue weighted by atomic mass is 9.96. The first-order valence-corrected chi connectivity index (χ1v) is 7.99. The molecule has 2 aromatic heterocycles. The van der Waals surface area contributed by atoms with E-state index < -0.39 is 0 Å². The molecule has 24 heavy (non-hydrogen) atoms. The van der Waals surface area contributed by atoms with Crippen LogP contribution >= 0.6 is 0 Å². The molecule has 0 unspecified atom stereocenters. The van der Waals surface area contributed by atoms with Gasteiger partial charge in [0, 0.05) is 23.3 Å². The largest absolute Gasteiger partial charge is 0.261 e. The van der Waals surface area contributed by atoms with Crippen molar-refractivity contribution < 1.29 is 4.57 Å². The van der Waals surface area contributed by atoms with Gasteiger partial charge >= 0.3 is 0 Å². The Kier molecular flexibility index (Phi) is 3.54. The molecule has 0 spiro atoms. The number of hydrogen-bond donors (Lipinski definition) is 0. The molecule has 0 aliphatic carbocycles. The summed E-state index contributed by atoms with van der Waals surface area (Å²) in [6.07, 6.45) is 7.40. The number of hydrogen-bond acceptors (Lipinski definition) is 2. The van der Waals surface area contributed by atoms with Gasteiger partial charge in [-0.3, -0.25) is 9.97 Å². The minimum Gasteiger partial charge on any atom is -0.261 e. The van der Waals surface area contributed by atoms with Crippen LogP contribution in [0, 0.1) is 6.92 Å². The van der Waals surface area contributed by atoms with Crippen LogP contribution in [0.15, 0.2) is 73.3 Å². The van der Waals surface area contributed by atoms with Crippen LogP contribution in [-0.4, -0.2) is 9.97 Å². The molecule has 0 saturated heterocycles. The maximum atomic E-state index is 4.48. The number of aryl methyl sites for hydroxylation is 2. The van der Waals surface area contributed by atoms with Gasteiger partial charge in [-0.05, 0) is 24.6 Å². The number of pyridine rings is 1. The predicted octanol–water partition coefficient (Wildman–Crippen LogP) is 4.10. The quantitative estimate of drug-likeness (QED) is 0.522. The average Bonchev–Trinajstić information content (AvgIpc) is 2.63. The SMILES string of the molecule is Cc1ccccc1-c1c2ccccc2c(-c2cnccn2)c[n+]1C. The van der Waals surface area contributed by atoms with Gasteiger partial charge in [-0.25, -0.2) is 0 Å². The van der Waals surface area contributed by atoms with Gasteiger partial charge in [0.15, 0.2) is 6.20 Å². The van der Waals surface area contributed by atoms with Gasteiger partial charge < -0.3 is 0 Å². The summed E-state index contributed by atoms with van der Waals surface area (Å²) < 4.78 is 2.19. The Morgan fingerprint density at radius 3 is 2.33 bits per heavy atom. The molecular weight excluding hydrogens is 294 g/mol. The van der Waals surface area contributed by atoms with Crippen molar-refractivity contribution >= 4 is 10.8 Å². The molecule has 0 aliphatic heterocycles. The van der Waals surface area contributed by atoms with Crippen LogP contribution in [0.25, 0.3) is 33.3 Å². The zero-order valence-electron chi connectivity index (χ0n) is 13.8. The number of fused-ring (bicyclic) bond motifs is 1. The van der Waals surface area contributed by atoms with E-state index >= 15 is 0 Å². The summed E-state index contributed by atoms with van der Waals surface area (Å²) in [5, 5.41) is 2.41. The highest BCUT2D eigenvalue weighted by atomic mass is 14.9. The fourth-order valence-corrected chi connectivity index (χ4v) is 3.26. The number of nitrogens with zero attached hydrogens (tertiary/aromatic N) is 3. The number of benzene rings is 2. The average molecular weight is 312 g/mol. The summed E-state index contributed by atoms with van der Waals surface area (Å²) >= 11 is 0. The van der Waals surface area contributed by atoms with Crippen LogP contribution in [0.5, 0.6) is 0 Å². The van der Waals surface area contributed by atoms with Crippen molar-refractivity contribution in [1.29, 1.82) is 0 Å². The Labute approximate surface area is 141 Å². The number of rotatable bonds is 2. The van der Waals surface area contributed by atoms with Crippen molar-refractivity contribution in [2.75, 3.05) is 0 Å². The minimum atomic E-state index is 0.889. The summed E-state index contributed by atoms with van der Waals surface area (Å²) in [4.78, 5) is 8.70. The lowest BCUT2D eigenvalue weighted by Gasteiger charge is -2.11. The molecule has 0 aliphatic rings. The van der Waals surface area contributed by atoms with Crippen molar-refractivity contribution in [3.63, 3.8) is 0 Å². The lowest BCUT2D eigenvalue weighted by Crippen LogP contribution is -2.31. The molecule has 3 heteroatoms. The van der Waals surface area contributed by atoms with Crippen LogP contribution in [0.1, 0.15) is 5.56 Å². The highest BCUT2D eigenvalue weighted by molar-refractivity contribution is 6.01. The third kappa shape index (κ3) is 2.35. The molecule has 0 N–H and O–H groups in total.